The molecule has 16 heavy (non-hydrogen) atoms. The summed E-state index contributed by atoms with van der Waals surface area (Å²) in [6.07, 6.45) is 1.78. The Morgan fingerprint density at radius 3 is 2.75 bits per heavy atom. The van der Waals surface area contributed by atoms with Crippen LogP contribution in [0.5, 0.6) is 0 Å². The summed E-state index contributed by atoms with van der Waals surface area (Å²) in [5, 5.41) is 0. The van der Waals surface area contributed by atoms with E-state index in [1.165, 1.54) is 11.1 Å². The quantitative estimate of drug-likeness (QED) is 0.505. The average molecular weight is 281 g/mol. The molecule has 0 bridgehead atoms. The van der Waals surface area contributed by atoms with Gasteiger partial charge in [0.15, 0.2) is 0 Å². The third kappa shape index (κ3) is 3.97. The summed E-state index contributed by atoms with van der Waals surface area (Å²) in [5.74, 6) is 11.5. The Hall–Kier alpha value is -0.820. The van der Waals surface area contributed by atoms with Crippen LogP contribution in [0.1, 0.15) is 36.9 Å². The number of halogens is 1. The Kier molecular flexibility index (Phi) is 5.54. The summed E-state index contributed by atoms with van der Waals surface area (Å²) in [4.78, 5) is 0. The normalized spacial score (nSPS) is 11.8. The maximum absolute atomic E-state index is 5.57. The van der Waals surface area contributed by atoms with E-state index in [1.807, 2.05) is 6.92 Å². The maximum Gasteiger partial charge on any atom is 0.0469 e. The van der Waals surface area contributed by atoms with Gasteiger partial charge in [-0.3, -0.25) is 11.3 Å². The van der Waals surface area contributed by atoms with Crippen molar-refractivity contribution in [2.24, 2.45) is 5.84 Å². The first-order valence-corrected chi connectivity index (χ1v) is 6.09. The molecule has 1 aromatic rings. The van der Waals surface area contributed by atoms with E-state index in [0.29, 0.717) is 0 Å². The number of benzene rings is 1. The van der Waals surface area contributed by atoms with Crippen LogP contribution in [0.2, 0.25) is 0 Å². The molecule has 0 spiro atoms. The van der Waals surface area contributed by atoms with Gasteiger partial charge in [0, 0.05) is 16.9 Å². The molecule has 0 amide bonds. The van der Waals surface area contributed by atoms with E-state index < -0.39 is 0 Å². The molecule has 0 aliphatic heterocycles. The van der Waals surface area contributed by atoms with E-state index in [4.69, 9.17) is 5.84 Å². The molecule has 86 valence electrons. The lowest BCUT2D eigenvalue weighted by Crippen LogP contribution is -2.28. The van der Waals surface area contributed by atoms with Crippen LogP contribution in [0.3, 0.4) is 0 Å². The van der Waals surface area contributed by atoms with Gasteiger partial charge in [-0.2, -0.15) is 0 Å². The van der Waals surface area contributed by atoms with Gasteiger partial charge in [-0.15, -0.1) is 11.8 Å². The van der Waals surface area contributed by atoms with E-state index in [2.05, 4.69) is 58.3 Å². The Morgan fingerprint density at radius 2 is 2.19 bits per heavy atom. The van der Waals surface area contributed by atoms with Crippen molar-refractivity contribution in [1.29, 1.82) is 0 Å². The highest BCUT2D eigenvalue weighted by atomic mass is 79.9. The molecule has 2 nitrogen and oxygen atoms in total. The van der Waals surface area contributed by atoms with E-state index in [-0.39, 0.29) is 6.04 Å². The first kappa shape index (κ1) is 13.2. The Bertz CT molecular complexity index is 384. The molecule has 1 atom stereocenters. The van der Waals surface area contributed by atoms with Crippen molar-refractivity contribution in [1.82, 2.24) is 5.43 Å². The summed E-state index contributed by atoms with van der Waals surface area (Å²) < 4.78 is 1.09. The summed E-state index contributed by atoms with van der Waals surface area (Å²) in [7, 11) is 0. The highest BCUT2D eigenvalue weighted by Crippen LogP contribution is 2.23. The molecule has 1 aromatic carbocycles. The Balaban J connectivity index is 2.80. The Morgan fingerprint density at radius 1 is 1.44 bits per heavy atom. The first-order valence-electron chi connectivity index (χ1n) is 5.30. The number of hydrazine groups is 1. The molecule has 0 saturated carbocycles. The molecule has 0 aromatic heterocycles. The lowest BCUT2D eigenvalue weighted by molar-refractivity contribution is 0.523. The van der Waals surface area contributed by atoms with Crippen LogP contribution < -0.4 is 11.3 Å². The Labute approximate surface area is 106 Å². The van der Waals surface area contributed by atoms with E-state index in [0.717, 1.165) is 17.3 Å². The van der Waals surface area contributed by atoms with Gasteiger partial charge < -0.3 is 0 Å². The molecule has 3 N–H and O–H groups in total. The van der Waals surface area contributed by atoms with Gasteiger partial charge in [-0.05, 0) is 43.5 Å². The van der Waals surface area contributed by atoms with Crippen molar-refractivity contribution < 1.29 is 0 Å². The van der Waals surface area contributed by atoms with Crippen LogP contribution >= 0.6 is 15.9 Å². The number of nitrogens with two attached hydrogens (primary N) is 1. The number of hydrogen-bond acceptors (Lipinski definition) is 2. The third-order valence-electron chi connectivity index (χ3n) is 2.40. The smallest absolute Gasteiger partial charge is 0.0469 e. The summed E-state index contributed by atoms with van der Waals surface area (Å²) in [6, 6.07) is 6.49. The minimum absolute atomic E-state index is 0.164. The molecule has 0 heterocycles. The molecule has 0 fully saturated rings. The lowest BCUT2D eigenvalue weighted by Gasteiger charge is -2.16. The van der Waals surface area contributed by atoms with Crippen molar-refractivity contribution >= 4 is 15.9 Å². The molecule has 1 unspecified atom stereocenters. The predicted molar refractivity (Wildman–Crippen MR) is 71.6 cm³/mol. The number of rotatable bonds is 4. The molecule has 0 saturated heterocycles. The van der Waals surface area contributed by atoms with Gasteiger partial charge in [0.1, 0.15) is 0 Å². The van der Waals surface area contributed by atoms with Crippen molar-refractivity contribution in [2.45, 2.75) is 32.7 Å². The second-order valence-corrected chi connectivity index (χ2v) is 4.66. The zero-order valence-electron chi connectivity index (χ0n) is 9.68. The highest BCUT2D eigenvalue weighted by molar-refractivity contribution is 9.10. The van der Waals surface area contributed by atoms with Crippen LogP contribution in [0.15, 0.2) is 22.7 Å². The number of aryl methyl sites for hydroxylation is 1. The highest BCUT2D eigenvalue weighted by Gasteiger charge is 2.09. The molecule has 3 heteroatoms. The SMILES string of the molecule is CC#CCCC(NN)c1cc(C)cc(Br)c1. The van der Waals surface area contributed by atoms with Gasteiger partial charge in [0.2, 0.25) is 0 Å². The standard InChI is InChI=1S/C13H17BrN2/c1-3-4-5-6-13(16-15)11-7-10(2)8-12(14)9-11/h7-9,13,16H,5-6,15H2,1-2H3. The van der Waals surface area contributed by atoms with Crippen LogP contribution in [-0.2, 0) is 0 Å². The van der Waals surface area contributed by atoms with Crippen LogP contribution in [-0.4, -0.2) is 0 Å². The minimum atomic E-state index is 0.164. The molecular weight excluding hydrogens is 264 g/mol. The molecule has 1 rings (SSSR count). The van der Waals surface area contributed by atoms with Crippen LogP contribution in [0.25, 0.3) is 0 Å². The van der Waals surface area contributed by atoms with Crippen molar-refractivity contribution in [3.63, 3.8) is 0 Å². The monoisotopic (exact) mass is 280 g/mol. The number of hydrogen-bond donors (Lipinski definition) is 2. The molecule has 0 radical (unpaired) electrons. The fourth-order valence-electron chi connectivity index (χ4n) is 1.65. The number of nitrogens with one attached hydrogen (secondary N) is 1. The van der Waals surface area contributed by atoms with Gasteiger partial charge in [0.05, 0.1) is 0 Å². The zero-order valence-corrected chi connectivity index (χ0v) is 11.3. The third-order valence-corrected chi connectivity index (χ3v) is 2.86. The first-order chi connectivity index (χ1) is 7.67. The molecular formula is C13H17BrN2. The van der Waals surface area contributed by atoms with Gasteiger partial charge in [-0.25, -0.2) is 0 Å². The average Bonchev–Trinajstić information content (AvgIpc) is 2.23. The van der Waals surface area contributed by atoms with Crippen molar-refractivity contribution in [3.05, 3.63) is 33.8 Å². The second kappa shape index (κ2) is 6.70. The summed E-state index contributed by atoms with van der Waals surface area (Å²) >= 11 is 3.50. The van der Waals surface area contributed by atoms with E-state index in [1.54, 1.807) is 0 Å². The second-order valence-electron chi connectivity index (χ2n) is 3.75. The maximum atomic E-state index is 5.57. The molecule has 0 aliphatic rings. The fourth-order valence-corrected chi connectivity index (χ4v) is 2.28. The fraction of sp³-hybridized carbons (Fsp3) is 0.385. The van der Waals surface area contributed by atoms with Crippen LogP contribution in [0, 0.1) is 18.8 Å². The van der Waals surface area contributed by atoms with Crippen molar-refractivity contribution in [3.8, 4) is 11.8 Å². The summed E-state index contributed by atoms with van der Waals surface area (Å²) in [5.41, 5.74) is 5.27. The van der Waals surface area contributed by atoms with Crippen molar-refractivity contribution in [2.75, 3.05) is 0 Å². The predicted octanol–water partition coefficient (Wildman–Crippen LogP) is 3.07. The topological polar surface area (TPSA) is 38.0 Å². The van der Waals surface area contributed by atoms with Gasteiger partial charge >= 0.3 is 0 Å². The van der Waals surface area contributed by atoms with E-state index in [9.17, 15) is 0 Å². The van der Waals surface area contributed by atoms with E-state index >= 15 is 0 Å². The largest absolute Gasteiger partial charge is 0.271 e. The van der Waals surface area contributed by atoms with Gasteiger partial charge in [0.25, 0.3) is 0 Å². The summed E-state index contributed by atoms with van der Waals surface area (Å²) in [6.45, 7) is 3.93. The van der Waals surface area contributed by atoms with Crippen LogP contribution in [0.4, 0.5) is 0 Å². The minimum Gasteiger partial charge on any atom is -0.271 e. The van der Waals surface area contributed by atoms with Gasteiger partial charge in [-0.1, -0.05) is 22.0 Å². The molecule has 0 aliphatic carbocycles. The lowest BCUT2D eigenvalue weighted by atomic mass is 10.0. The zero-order chi connectivity index (χ0) is 12.0.